The molecule has 4 heterocycles. The quantitative estimate of drug-likeness (QED) is 0.0146. The molecule has 10 atom stereocenters. The third-order valence-corrected chi connectivity index (χ3v) is 20.5. The second-order valence-electron chi connectivity index (χ2n) is 28.9. The molecule has 0 aliphatic carbocycles. The number of rotatable bonds is 42. The molecule has 0 radical (unpaired) electrons. The zero-order valence-corrected chi connectivity index (χ0v) is 63.2. The van der Waals surface area contributed by atoms with E-state index >= 15 is 24.0 Å². The van der Waals surface area contributed by atoms with Crippen molar-refractivity contribution in [1.82, 2.24) is 62.3 Å². The van der Waals surface area contributed by atoms with Gasteiger partial charge in [0.2, 0.25) is 70.9 Å². The molecule has 31 nitrogen and oxygen atoms in total. The van der Waals surface area contributed by atoms with Crippen LogP contribution >= 0.6 is 0 Å². The number of amides is 12. The molecule has 0 saturated carbocycles. The van der Waals surface area contributed by atoms with Crippen molar-refractivity contribution >= 4 is 98.7 Å². The lowest BCUT2D eigenvalue weighted by atomic mass is 9.90. The van der Waals surface area contributed by atoms with Crippen LogP contribution in [0.2, 0.25) is 0 Å². The average molecular weight is 1520 g/mol. The molecule has 2 aliphatic rings. The van der Waals surface area contributed by atoms with E-state index in [1.54, 1.807) is 93.0 Å². The van der Waals surface area contributed by atoms with Gasteiger partial charge < -0.3 is 96.7 Å². The SMILES string of the molecule is CCC(CC)(NC(=O)[C@H](CC(C)C)NC(=O)[C@@H](Cc1c[nH]c2ccccc12)NC(=O)[C@H](Cc1ccccc1)NC(=O)[C@@H](Cc1c[nH]c2ccccc12)NC(=O)[C@H](CCC(N)=O)NC(=O)[C@@H](Cc1ccccc1)NC(=O)[C@@H]1CCCN1C(=O)[C@H](CCCCN)NC(=O)[C@@H]1CCCN1C(=O)[C@H](N)CCCN=C(N)N)C(N)=O. The van der Waals surface area contributed by atoms with Gasteiger partial charge in [0.25, 0.3) is 0 Å². The van der Waals surface area contributed by atoms with Crippen molar-refractivity contribution in [3.8, 4) is 0 Å². The maximum atomic E-state index is 15.5. The van der Waals surface area contributed by atoms with Crippen molar-refractivity contribution < 1.29 is 57.5 Å². The molecular formula is C79H109N19O12. The number of H-pyrrole nitrogens is 2. The number of nitrogens with zero attached hydrogens (tertiary/aromatic N) is 3. The number of aromatic nitrogens is 2. The monoisotopic (exact) mass is 1520 g/mol. The van der Waals surface area contributed by atoms with Crippen LogP contribution in [0.5, 0.6) is 0 Å². The third-order valence-electron chi connectivity index (χ3n) is 20.5. The van der Waals surface area contributed by atoms with Crippen LogP contribution in [0.25, 0.3) is 21.8 Å². The van der Waals surface area contributed by atoms with Gasteiger partial charge in [0.1, 0.15) is 59.9 Å². The number of hydrogen-bond acceptors (Lipinski definition) is 15. The van der Waals surface area contributed by atoms with E-state index in [0.29, 0.717) is 78.2 Å². The zero-order valence-electron chi connectivity index (χ0n) is 63.2. The van der Waals surface area contributed by atoms with E-state index in [1.165, 1.54) is 9.80 Å². The summed E-state index contributed by atoms with van der Waals surface area (Å²) in [7, 11) is 0. The summed E-state index contributed by atoms with van der Waals surface area (Å²) in [6, 6.07) is 19.2. The molecule has 592 valence electrons. The first kappa shape index (κ1) is 84.4. The number of likely N-dealkylation sites (tertiary alicyclic amines) is 2. The van der Waals surface area contributed by atoms with Gasteiger partial charge in [-0.25, -0.2) is 0 Å². The van der Waals surface area contributed by atoms with Crippen LogP contribution in [0.1, 0.15) is 140 Å². The van der Waals surface area contributed by atoms with Crippen LogP contribution < -0.4 is 76.9 Å². The average Bonchev–Trinajstić information content (AvgIpc) is 1.63. The third kappa shape index (κ3) is 23.4. The minimum Gasteiger partial charge on any atom is -0.370 e. The Morgan fingerprint density at radius 3 is 1.40 bits per heavy atom. The Kier molecular flexibility index (Phi) is 31.3. The molecule has 2 aliphatic heterocycles. The van der Waals surface area contributed by atoms with Crippen molar-refractivity contribution in [2.75, 3.05) is 26.2 Å². The Balaban J connectivity index is 1.06. The number of primary amides is 2. The number of nitrogens with two attached hydrogens (primary N) is 6. The lowest BCUT2D eigenvalue weighted by Gasteiger charge is -2.32. The van der Waals surface area contributed by atoms with Crippen LogP contribution in [0.3, 0.4) is 0 Å². The van der Waals surface area contributed by atoms with E-state index in [0.717, 1.165) is 10.9 Å². The Morgan fingerprint density at radius 1 is 0.500 bits per heavy atom. The van der Waals surface area contributed by atoms with Crippen LogP contribution in [-0.2, 0) is 83.2 Å². The highest BCUT2D eigenvalue weighted by molar-refractivity contribution is 6.01. The van der Waals surface area contributed by atoms with E-state index in [9.17, 15) is 33.6 Å². The maximum absolute atomic E-state index is 15.5. The second-order valence-corrected chi connectivity index (χ2v) is 28.9. The number of fused-ring (bicyclic) bond motifs is 2. The van der Waals surface area contributed by atoms with Crippen LogP contribution in [0.15, 0.2) is 127 Å². The Morgan fingerprint density at radius 2 is 0.936 bits per heavy atom. The van der Waals surface area contributed by atoms with Crippen molar-refractivity contribution in [3.05, 3.63) is 144 Å². The van der Waals surface area contributed by atoms with Crippen molar-refractivity contribution in [1.29, 1.82) is 0 Å². The normalized spacial score (nSPS) is 16.4. The topological polar surface area (TPSA) is 508 Å². The molecule has 2 aromatic heterocycles. The van der Waals surface area contributed by atoms with Gasteiger partial charge in [0, 0.05) is 85.9 Å². The number of guanidine groups is 1. The second kappa shape index (κ2) is 40.8. The van der Waals surface area contributed by atoms with Gasteiger partial charge >= 0.3 is 0 Å². The predicted octanol–water partition coefficient (Wildman–Crippen LogP) is 1.28. The summed E-state index contributed by atoms with van der Waals surface area (Å²) >= 11 is 0. The summed E-state index contributed by atoms with van der Waals surface area (Å²) in [5.41, 5.74) is 37.1. The van der Waals surface area contributed by atoms with Crippen molar-refractivity contribution in [3.63, 3.8) is 0 Å². The first-order valence-electron chi connectivity index (χ1n) is 38.1. The van der Waals surface area contributed by atoms with E-state index in [2.05, 4.69) is 57.5 Å². The first-order chi connectivity index (χ1) is 52.7. The molecule has 8 rings (SSSR count). The number of aliphatic imine (C=N–C) groups is 1. The molecule has 2 fully saturated rings. The molecule has 110 heavy (non-hydrogen) atoms. The summed E-state index contributed by atoms with van der Waals surface area (Å²) in [4.78, 5) is 187. The number of para-hydroxylation sites is 2. The summed E-state index contributed by atoms with van der Waals surface area (Å²) in [5.74, 6) is -9.09. The van der Waals surface area contributed by atoms with Gasteiger partial charge in [-0.1, -0.05) is 125 Å². The minimum atomic E-state index is -1.62. The summed E-state index contributed by atoms with van der Waals surface area (Å²) in [5, 5.41) is 24.2. The first-order valence-corrected chi connectivity index (χ1v) is 38.1. The number of aromatic amines is 2. The number of carbonyl (C=O) groups excluding carboxylic acids is 12. The lowest BCUT2D eigenvalue weighted by Crippen LogP contribution is -2.63. The highest BCUT2D eigenvalue weighted by atomic mass is 16.2. The number of benzene rings is 4. The highest BCUT2D eigenvalue weighted by Crippen LogP contribution is 2.26. The molecule has 0 unspecified atom stereocenters. The summed E-state index contributed by atoms with van der Waals surface area (Å²) in [6.07, 6.45) is 5.52. The Hall–Kier alpha value is -11.2. The Bertz CT molecular complexity index is 4200. The number of nitrogens with one attached hydrogen (secondary N) is 10. The van der Waals surface area contributed by atoms with Gasteiger partial charge in [0.05, 0.1) is 6.04 Å². The van der Waals surface area contributed by atoms with Gasteiger partial charge in [-0.15, -0.1) is 0 Å². The molecule has 0 bridgehead atoms. The molecule has 4 aromatic carbocycles. The van der Waals surface area contributed by atoms with E-state index in [-0.39, 0.29) is 95.7 Å². The van der Waals surface area contributed by atoms with Crippen LogP contribution in [0.4, 0.5) is 0 Å². The summed E-state index contributed by atoms with van der Waals surface area (Å²) < 4.78 is 0. The lowest BCUT2D eigenvalue weighted by molar-refractivity contribution is -0.144. The van der Waals surface area contributed by atoms with Crippen molar-refractivity contribution in [2.45, 2.75) is 209 Å². The molecule has 0 spiro atoms. The maximum Gasteiger partial charge on any atom is 0.245 e. The molecule has 2 saturated heterocycles. The fourth-order valence-electron chi connectivity index (χ4n) is 14.3. The highest BCUT2D eigenvalue weighted by Gasteiger charge is 2.44. The predicted molar refractivity (Wildman–Crippen MR) is 417 cm³/mol. The zero-order chi connectivity index (χ0) is 79.6. The minimum absolute atomic E-state index is 0.0927. The van der Waals surface area contributed by atoms with E-state index < -0.39 is 150 Å². The van der Waals surface area contributed by atoms with Gasteiger partial charge in [-0.2, -0.15) is 0 Å². The Labute approximate surface area is 640 Å². The van der Waals surface area contributed by atoms with Crippen LogP contribution in [0, 0.1) is 5.92 Å². The number of hydrogen-bond donors (Lipinski definition) is 16. The molecule has 31 heteroatoms. The molecule has 12 amide bonds. The van der Waals surface area contributed by atoms with Crippen molar-refractivity contribution in [2.24, 2.45) is 45.3 Å². The standard InChI is InChI=1S/C79H109N19O12/c1-5-79(6-2,77(83)110)96-72(105)59(40-47(3)4)91-70(103)63(44-51-46-88-56-30-16-14-27-53(51)56)94-69(102)60(41-48-22-9-7-10-23-48)92-71(104)62(43-50-45-87-55-29-15-13-26-52(50)55)93-67(100)57(34-35-66(82)99)89-68(101)61(42-49-24-11-8-12-25-49)95-74(107)65-33-21-39-98(65)76(109)58(31-17-18-36-80)90-73(106)64-32-20-38-97(64)75(108)54(81)28-19-37-86-78(84)85/h7-16,22-27,29-30,45-47,54,57-65,87-88H,5-6,17-21,28,31-44,80-81H2,1-4H3,(H2,82,99)(H2,83,110)(H,89,101)(H,90,106)(H,91,103)(H,92,104)(H,93,100)(H,94,102)(H,95,107)(H,96,105)(H4,84,85,86)/t54-,57+,58+,59+,60+,61-,62-,63-,64+,65+/m1/s1. The smallest absolute Gasteiger partial charge is 0.245 e. The fraction of sp³-hybridized carbons (Fsp3) is 0.481. The summed E-state index contributed by atoms with van der Waals surface area (Å²) in [6.45, 7) is 8.09. The van der Waals surface area contributed by atoms with Gasteiger partial charge in [-0.3, -0.25) is 62.5 Å². The van der Waals surface area contributed by atoms with Gasteiger partial charge in [-0.05, 0) is 130 Å². The van der Waals surface area contributed by atoms with Gasteiger partial charge in [0.15, 0.2) is 5.96 Å². The van der Waals surface area contributed by atoms with E-state index in [4.69, 9.17) is 34.4 Å². The molecule has 22 N–H and O–H groups in total. The van der Waals surface area contributed by atoms with E-state index in [1.807, 2.05) is 56.3 Å². The fourth-order valence-corrected chi connectivity index (χ4v) is 14.3. The molecule has 6 aromatic rings. The molecular weight excluding hydrogens is 1410 g/mol. The number of carbonyl (C=O) groups is 12. The number of unbranched alkanes of at least 4 members (excludes halogenated alkanes) is 1. The van der Waals surface area contributed by atoms with Crippen LogP contribution in [-0.4, -0.2) is 189 Å². The largest absolute Gasteiger partial charge is 0.370 e.